The minimum Gasteiger partial charge on any atom is -0.493 e. The molecule has 0 aliphatic heterocycles. The number of hydrogen-bond donors (Lipinski definition) is 2. The predicted molar refractivity (Wildman–Crippen MR) is 108 cm³/mol. The van der Waals surface area contributed by atoms with Gasteiger partial charge in [-0.25, -0.2) is 10.2 Å². The summed E-state index contributed by atoms with van der Waals surface area (Å²) in [7, 11) is 1.45. The summed E-state index contributed by atoms with van der Waals surface area (Å²) in [6.45, 7) is 4.95. The smallest absolute Gasteiger partial charge is 0.341 e. The van der Waals surface area contributed by atoms with E-state index in [2.05, 4.69) is 10.5 Å². The molecule has 0 unspecified atom stereocenters. The maximum Gasteiger partial charge on any atom is 0.341 e. The molecule has 2 aromatic carbocycles. The fourth-order valence-corrected chi connectivity index (χ4v) is 2.40. The first-order valence-electron chi connectivity index (χ1n) is 8.86. The SMILES string of the molecule is COc1cc(/C(C)=N\NC(=O)COc2cc(C)ccc2C)ccc1OCC(=O)O. The zero-order chi connectivity index (χ0) is 21.4. The molecule has 0 aromatic heterocycles. The number of carboxylic acid groups (broad SMARTS) is 1. The van der Waals surface area contributed by atoms with Gasteiger partial charge in [0, 0.05) is 5.56 Å². The van der Waals surface area contributed by atoms with Crippen LogP contribution in [0.3, 0.4) is 0 Å². The topological polar surface area (TPSA) is 106 Å². The average Bonchev–Trinajstić information content (AvgIpc) is 2.70. The third kappa shape index (κ3) is 6.53. The van der Waals surface area contributed by atoms with Crippen molar-refractivity contribution in [2.45, 2.75) is 20.8 Å². The molecular weight excluding hydrogens is 376 g/mol. The van der Waals surface area contributed by atoms with Crippen LogP contribution in [0.4, 0.5) is 0 Å². The highest BCUT2D eigenvalue weighted by Gasteiger charge is 2.10. The fourth-order valence-electron chi connectivity index (χ4n) is 2.40. The maximum absolute atomic E-state index is 12.0. The number of amides is 1. The molecule has 29 heavy (non-hydrogen) atoms. The zero-order valence-electron chi connectivity index (χ0n) is 16.8. The molecule has 1 amide bonds. The Kier molecular flexibility index (Phi) is 7.59. The molecule has 0 spiro atoms. The van der Waals surface area contributed by atoms with Gasteiger partial charge in [0.25, 0.3) is 5.91 Å². The lowest BCUT2D eigenvalue weighted by atomic mass is 10.1. The predicted octanol–water partition coefficient (Wildman–Crippen LogP) is 2.69. The second-order valence-corrected chi connectivity index (χ2v) is 6.34. The summed E-state index contributed by atoms with van der Waals surface area (Å²) in [5.41, 5.74) is 5.66. The number of carbonyl (C=O) groups is 2. The van der Waals surface area contributed by atoms with Crippen molar-refractivity contribution in [3.05, 3.63) is 53.1 Å². The summed E-state index contributed by atoms with van der Waals surface area (Å²) in [6.07, 6.45) is 0. The molecule has 0 heterocycles. The molecule has 0 saturated carbocycles. The minimum atomic E-state index is -1.08. The molecule has 154 valence electrons. The third-order valence-corrected chi connectivity index (χ3v) is 3.98. The molecule has 8 nitrogen and oxygen atoms in total. The van der Waals surface area contributed by atoms with Crippen LogP contribution in [0.15, 0.2) is 41.5 Å². The molecule has 2 N–H and O–H groups in total. The summed E-state index contributed by atoms with van der Waals surface area (Å²) >= 11 is 0. The van der Waals surface area contributed by atoms with E-state index in [4.69, 9.17) is 19.3 Å². The molecule has 0 aliphatic carbocycles. The second kappa shape index (κ2) is 10.1. The van der Waals surface area contributed by atoms with Gasteiger partial charge in [0.05, 0.1) is 12.8 Å². The van der Waals surface area contributed by atoms with E-state index in [-0.39, 0.29) is 6.61 Å². The second-order valence-electron chi connectivity index (χ2n) is 6.34. The molecular formula is C21H24N2O6. The van der Waals surface area contributed by atoms with Crippen LogP contribution in [0, 0.1) is 13.8 Å². The van der Waals surface area contributed by atoms with Crippen LogP contribution in [0.25, 0.3) is 0 Å². The lowest BCUT2D eigenvalue weighted by Gasteiger charge is -2.11. The Bertz CT molecular complexity index is 923. The summed E-state index contributed by atoms with van der Waals surface area (Å²) < 4.78 is 15.9. The number of nitrogens with one attached hydrogen (secondary N) is 1. The van der Waals surface area contributed by atoms with E-state index in [1.165, 1.54) is 7.11 Å². The third-order valence-electron chi connectivity index (χ3n) is 3.98. The zero-order valence-corrected chi connectivity index (χ0v) is 16.8. The Morgan fingerprint density at radius 3 is 2.41 bits per heavy atom. The normalized spacial score (nSPS) is 11.0. The molecule has 0 fully saturated rings. The number of nitrogens with zero attached hydrogens (tertiary/aromatic N) is 1. The van der Waals surface area contributed by atoms with Gasteiger partial charge in [-0.1, -0.05) is 12.1 Å². The van der Waals surface area contributed by atoms with Crippen LogP contribution < -0.4 is 19.6 Å². The number of methoxy groups -OCH3 is 1. The van der Waals surface area contributed by atoms with Crippen molar-refractivity contribution in [3.63, 3.8) is 0 Å². The highest BCUT2D eigenvalue weighted by molar-refractivity contribution is 5.99. The number of hydrogen-bond acceptors (Lipinski definition) is 6. The van der Waals surface area contributed by atoms with Crippen molar-refractivity contribution in [2.75, 3.05) is 20.3 Å². The van der Waals surface area contributed by atoms with Crippen molar-refractivity contribution in [3.8, 4) is 17.2 Å². The number of aryl methyl sites for hydroxylation is 2. The van der Waals surface area contributed by atoms with Gasteiger partial charge in [-0.05, 0) is 56.2 Å². The number of carboxylic acids is 1. The van der Waals surface area contributed by atoms with Crippen molar-refractivity contribution >= 4 is 17.6 Å². The minimum absolute atomic E-state index is 0.160. The van der Waals surface area contributed by atoms with Gasteiger partial charge in [-0.3, -0.25) is 4.79 Å². The molecule has 0 saturated heterocycles. The molecule has 2 aromatic rings. The highest BCUT2D eigenvalue weighted by Crippen LogP contribution is 2.28. The Morgan fingerprint density at radius 2 is 1.72 bits per heavy atom. The van der Waals surface area contributed by atoms with Gasteiger partial charge in [0.1, 0.15) is 5.75 Å². The molecule has 8 heteroatoms. The van der Waals surface area contributed by atoms with Crippen LogP contribution >= 0.6 is 0 Å². The van der Waals surface area contributed by atoms with Gasteiger partial charge < -0.3 is 19.3 Å². The Hall–Kier alpha value is -3.55. The van der Waals surface area contributed by atoms with E-state index in [1.54, 1.807) is 25.1 Å². The Balaban J connectivity index is 1.98. The number of carbonyl (C=O) groups excluding carboxylic acids is 1. The van der Waals surface area contributed by atoms with Crippen LogP contribution in [0.1, 0.15) is 23.6 Å². The van der Waals surface area contributed by atoms with Crippen LogP contribution in [0.5, 0.6) is 17.2 Å². The monoisotopic (exact) mass is 400 g/mol. The average molecular weight is 400 g/mol. The summed E-state index contributed by atoms with van der Waals surface area (Å²) in [5, 5.41) is 12.8. The molecule has 0 aliphatic rings. The lowest BCUT2D eigenvalue weighted by Crippen LogP contribution is -2.25. The van der Waals surface area contributed by atoms with E-state index < -0.39 is 18.5 Å². The number of rotatable bonds is 9. The first-order chi connectivity index (χ1) is 13.8. The van der Waals surface area contributed by atoms with Crippen molar-refractivity contribution in [2.24, 2.45) is 5.10 Å². The molecule has 0 bridgehead atoms. The van der Waals surface area contributed by atoms with Gasteiger partial charge in [0.15, 0.2) is 24.7 Å². The van der Waals surface area contributed by atoms with E-state index in [0.717, 1.165) is 11.1 Å². The quantitative estimate of drug-likeness (QED) is 0.495. The van der Waals surface area contributed by atoms with Crippen molar-refractivity contribution < 1.29 is 28.9 Å². The maximum atomic E-state index is 12.0. The van der Waals surface area contributed by atoms with Crippen molar-refractivity contribution in [1.29, 1.82) is 0 Å². The van der Waals surface area contributed by atoms with Crippen LogP contribution in [-0.4, -0.2) is 43.0 Å². The van der Waals surface area contributed by atoms with Gasteiger partial charge in [-0.15, -0.1) is 0 Å². The summed E-state index contributed by atoms with van der Waals surface area (Å²) in [4.78, 5) is 22.7. The molecule has 0 radical (unpaired) electrons. The van der Waals surface area contributed by atoms with E-state index in [9.17, 15) is 9.59 Å². The first-order valence-corrected chi connectivity index (χ1v) is 8.86. The van der Waals surface area contributed by atoms with Gasteiger partial charge >= 0.3 is 5.97 Å². The lowest BCUT2D eigenvalue weighted by molar-refractivity contribution is -0.139. The Morgan fingerprint density at radius 1 is 1.00 bits per heavy atom. The number of hydrazone groups is 1. The highest BCUT2D eigenvalue weighted by atomic mass is 16.5. The number of aliphatic carboxylic acids is 1. The number of benzene rings is 2. The summed E-state index contributed by atoms with van der Waals surface area (Å²) in [5.74, 6) is -0.152. The largest absolute Gasteiger partial charge is 0.493 e. The van der Waals surface area contributed by atoms with Crippen LogP contribution in [0.2, 0.25) is 0 Å². The van der Waals surface area contributed by atoms with E-state index >= 15 is 0 Å². The fraction of sp³-hybridized carbons (Fsp3) is 0.286. The Labute approximate surface area is 169 Å². The summed E-state index contributed by atoms with van der Waals surface area (Å²) in [6, 6.07) is 10.7. The molecule has 0 atom stereocenters. The number of ether oxygens (including phenoxy) is 3. The van der Waals surface area contributed by atoms with Gasteiger partial charge in [-0.2, -0.15) is 5.10 Å². The first kappa shape index (κ1) is 21.7. The van der Waals surface area contributed by atoms with Crippen LogP contribution in [-0.2, 0) is 9.59 Å². The molecule has 2 rings (SSSR count). The van der Waals surface area contributed by atoms with Gasteiger partial charge in [0.2, 0.25) is 0 Å². The van der Waals surface area contributed by atoms with E-state index in [1.807, 2.05) is 32.0 Å². The van der Waals surface area contributed by atoms with Crippen molar-refractivity contribution in [1.82, 2.24) is 5.43 Å². The standard InChI is InChI=1S/C21H24N2O6/c1-13-5-6-14(2)18(9-13)28-11-20(24)23-22-15(3)16-7-8-17(19(10-16)27-4)29-12-21(25)26/h5-10H,11-12H2,1-4H3,(H,23,24)(H,25,26)/b22-15-. The van der Waals surface area contributed by atoms with E-state index in [0.29, 0.717) is 28.5 Å².